The molecule has 0 aliphatic carbocycles. The highest BCUT2D eigenvalue weighted by Gasteiger charge is 2.06. The minimum Gasteiger partial charge on any atom is -0.508 e. The van der Waals surface area contributed by atoms with E-state index in [9.17, 15) is 5.11 Å². The van der Waals surface area contributed by atoms with Crippen LogP contribution >= 0.6 is 0 Å². The SMILES string of the molecule is CNc1ccc(-c2cc3cc(O)ccc3o2)cc1. The van der Waals surface area contributed by atoms with E-state index in [0.717, 1.165) is 28.0 Å². The molecule has 0 spiro atoms. The van der Waals surface area contributed by atoms with E-state index in [-0.39, 0.29) is 5.75 Å². The summed E-state index contributed by atoms with van der Waals surface area (Å²) in [6.07, 6.45) is 0. The highest BCUT2D eigenvalue weighted by atomic mass is 16.3. The van der Waals surface area contributed by atoms with Crippen LogP contribution in [0.2, 0.25) is 0 Å². The van der Waals surface area contributed by atoms with Crippen LogP contribution in [0.15, 0.2) is 52.9 Å². The van der Waals surface area contributed by atoms with Crippen molar-refractivity contribution in [2.75, 3.05) is 12.4 Å². The molecule has 0 fully saturated rings. The maximum atomic E-state index is 9.43. The van der Waals surface area contributed by atoms with Crippen molar-refractivity contribution in [3.05, 3.63) is 48.5 Å². The first-order valence-corrected chi connectivity index (χ1v) is 5.77. The Morgan fingerprint density at radius 3 is 2.50 bits per heavy atom. The third-order valence-electron chi connectivity index (χ3n) is 2.96. The number of aromatic hydroxyl groups is 1. The van der Waals surface area contributed by atoms with Crippen molar-refractivity contribution < 1.29 is 9.52 Å². The number of hydrogen-bond donors (Lipinski definition) is 2. The van der Waals surface area contributed by atoms with Gasteiger partial charge in [-0.3, -0.25) is 0 Å². The zero-order valence-electron chi connectivity index (χ0n) is 9.97. The average Bonchev–Trinajstić information content (AvgIpc) is 2.81. The monoisotopic (exact) mass is 239 g/mol. The van der Waals surface area contributed by atoms with Gasteiger partial charge in [-0.2, -0.15) is 0 Å². The molecular formula is C15H13NO2. The van der Waals surface area contributed by atoms with Gasteiger partial charge in [0, 0.05) is 23.7 Å². The number of benzene rings is 2. The van der Waals surface area contributed by atoms with Gasteiger partial charge < -0.3 is 14.8 Å². The van der Waals surface area contributed by atoms with Gasteiger partial charge in [-0.25, -0.2) is 0 Å². The van der Waals surface area contributed by atoms with E-state index < -0.39 is 0 Å². The summed E-state index contributed by atoms with van der Waals surface area (Å²) < 4.78 is 5.75. The van der Waals surface area contributed by atoms with E-state index >= 15 is 0 Å². The van der Waals surface area contributed by atoms with Crippen molar-refractivity contribution in [3.8, 4) is 17.1 Å². The van der Waals surface area contributed by atoms with Crippen LogP contribution in [0, 0.1) is 0 Å². The number of fused-ring (bicyclic) bond motifs is 1. The third kappa shape index (κ3) is 1.80. The summed E-state index contributed by atoms with van der Waals surface area (Å²) in [5.74, 6) is 1.05. The highest BCUT2D eigenvalue weighted by Crippen LogP contribution is 2.30. The summed E-state index contributed by atoms with van der Waals surface area (Å²) in [7, 11) is 1.89. The number of rotatable bonds is 2. The van der Waals surface area contributed by atoms with Crippen molar-refractivity contribution in [2.45, 2.75) is 0 Å². The molecule has 90 valence electrons. The molecule has 0 aliphatic rings. The van der Waals surface area contributed by atoms with Gasteiger partial charge in [0.25, 0.3) is 0 Å². The van der Waals surface area contributed by atoms with Gasteiger partial charge in [-0.1, -0.05) is 0 Å². The second-order valence-corrected chi connectivity index (χ2v) is 4.16. The molecule has 2 aromatic carbocycles. The number of furan rings is 1. The largest absolute Gasteiger partial charge is 0.508 e. The predicted octanol–water partition coefficient (Wildman–Crippen LogP) is 3.85. The minimum atomic E-state index is 0.250. The first kappa shape index (κ1) is 10.7. The molecule has 0 unspecified atom stereocenters. The van der Waals surface area contributed by atoms with Crippen LogP contribution in [0.4, 0.5) is 5.69 Å². The zero-order valence-corrected chi connectivity index (χ0v) is 9.97. The summed E-state index contributed by atoms with van der Waals surface area (Å²) in [6, 6.07) is 15.0. The normalized spacial score (nSPS) is 10.7. The fourth-order valence-corrected chi connectivity index (χ4v) is 1.97. The first-order valence-electron chi connectivity index (χ1n) is 5.77. The third-order valence-corrected chi connectivity index (χ3v) is 2.96. The molecule has 3 heteroatoms. The molecule has 3 aromatic rings. The Morgan fingerprint density at radius 2 is 1.78 bits per heavy atom. The quantitative estimate of drug-likeness (QED) is 0.714. The molecule has 0 atom stereocenters. The Morgan fingerprint density at radius 1 is 1.00 bits per heavy atom. The van der Waals surface area contributed by atoms with Gasteiger partial charge in [0.15, 0.2) is 0 Å². The fraction of sp³-hybridized carbons (Fsp3) is 0.0667. The van der Waals surface area contributed by atoms with Crippen LogP contribution < -0.4 is 5.32 Å². The van der Waals surface area contributed by atoms with Crippen molar-refractivity contribution >= 4 is 16.7 Å². The van der Waals surface area contributed by atoms with Gasteiger partial charge in [-0.05, 0) is 48.5 Å². The molecule has 0 saturated heterocycles. The maximum Gasteiger partial charge on any atom is 0.135 e. The number of phenols is 1. The summed E-state index contributed by atoms with van der Waals surface area (Å²) in [5, 5.41) is 13.4. The van der Waals surface area contributed by atoms with Gasteiger partial charge in [-0.15, -0.1) is 0 Å². The topological polar surface area (TPSA) is 45.4 Å². The number of hydrogen-bond acceptors (Lipinski definition) is 3. The van der Waals surface area contributed by atoms with Gasteiger partial charge in [0.2, 0.25) is 0 Å². The molecule has 3 nitrogen and oxygen atoms in total. The average molecular weight is 239 g/mol. The number of nitrogens with one attached hydrogen (secondary N) is 1. The smallest absolute Gasteiger partial charge is 0.135 e. The summed E-state index contributed by atoms with van der Waals surface area (Å²) >= 11 is 0. The maximum absolute atomic E-state index is 9.43. The van der Waals surface area contributed by atoms with Crippen molar-refractivity contribution in [1.29, 1.82) is 0 Å². The van der Waals surface area contributed by atoms with Gasteiger partial charge in [0.05, 0.1) is 0 Å². The zero-order chi connectivity index (χ0) is 12.5. The van der Waals surface area contributed by atoms with E-state index in [1.165, 1.54) is 0 Å². The summed E-state index contributed by atoms with van der Waals surface area (Å²) in [4.78, 5) is 0. The molecule has 1 aromatic heterocycles. The molecule has 0 bridgehead atoms. The standard InChI is InChI=1S/C15H13NO2/c1-16-12-4-2-10(3-5-12)15-9-11-8-13(17)6-7-14(11)18-15/h2-9,16-17H,1H3. The molecule has 3 rings (SSSR count). The van der Waals surface area contributed by atoms with E-state index in [2.05, 4.69) is 5.32 Å². The molecule has 18 heavy (non-hydrogen) atoms. The van der Waals surface area contributed by atoms with Crippen LogP contribution in [0.25, 0.3) is 22.3 Å². The van der Waals surface area contributed by atoms with Gasteiger partial charge >= 0.3 is 0 Å². The molecule has 0 aliphatic heterocycles. The van der Waals surface area contributed by atoms with Crippen LogP contribution in [-0.4, -0.2) is 12.2 Å². The van der Waals surface area contributed by atoms with E-state index in [1.807, 2.05) is 37.4 Å². The van der Waals surface area contributed by atoms with Crippen LogP contribution in [-0.2, 0) is 0 Å². The fourth-order valence-electron chi connectivity index (χ4n) is 1.97. The van der Waals surface area contributed by atoms with E-state index in [4.69, 9.17) is 4.42 Å². The second kappa shape index (κ2) is 4.11. The number of anilines is 1. The summed E-state index contributed by atoms with van der Waals surface area (Å²) in [5.41, 5.74) is 2.86. The lowest BCUT2D eigenvalue weighted by atomic mass is 10.1. The molecule has 2 N–H and O–H groups in total. The van der Waals surface area contributed by atoms with E-state index in [1.54, 1.807) is 18.2 Å². The molecular weight excluding hydrogens is 226 g/mol. The summed E-state index contributed by atoms with van der Waals surface area (Å²) in [6.45, 7) is 0. The Balaban J connectivity index is 2.07. The van der Waals surface area contributed by atoms with Crippen molar-refractivity contribution in [1.82, 2.24) is 0 Å². The molecule has 0 radical (unpaired) electrons. The Labute approximate surface area is 105 Å². The Bertz CT molecular complexity index is 683. The molecule has 0 amide bonds. The van der Waals surface area contributed by atoms with Crippen LogP contribution in [0.3, 0.4) is 0 Å². The van der Waals surface area contributed by atoms with Crippen LogP contribution in [0.1, 0.15) is 0 Å². The number of phenolic OH excluding ortho intramolecular Hbond substituents is 1. The minimum absolute atomic E-state index is 0.250. The second-order valence-electron chi connectivity index (χ2n) is 4.16. The van der Waals surface area contributed by atoms with Crippen LogP contribution in [0.5, 0.6) is 5.75 Å². The van der Waals surface area contributed by atoms with Gasteiger partial charge in [0.1, 0.15) is 17.1 Å². The lowest BCUT2D eigenvalue weighted by molar-refractivity contribution is 0.476. The lowest BCUT2D eigenvalue weighted by Gasteiger charge is -2.00. The Kier molecular flexibility index (Phi) is 2.45. The Hall–Kier alpha value is -2.42. The highest BCUT2D eigenvalue weighted by molar-refractivity contribution is 5.84. The van der Waals surface area contributed by atoms with Crippen molar-refractivity contribution in [2.24, 2.45) is 0 Å². The van der Waals surface area contributed by atoms with E-state index in [0.29, 0.717) is 0 Å². The predicted molar refractivity (Wildman–Crippen MR) is 72.9 cm³/mol. The van der Waals surface area contributed by atoms with Crippen molar-refractivity contribution in [3.63, 3.8) is 0 Å². The first-order chi connectivity index (χ1) is 8.76. The molecule has 1 heterocycles. The molecule has 0 saturated carbocycles. The lowest BCUT2D eigenvalue weighted by Crippen LogP contribution is -1.86.